The number of nitrogens with zero attached hydrogens (tertiary/aromatic N) is 2. The van der Waals surface area contributed by atoms with E-state index < -0.39 is 18.5 Å². The lowest BCUT2D eigenvalue weighted by Gasteiger charge is -2.09. The summed E-state index contributed by atoms with van der Waals surface area (Å²) in [6.45, 7) is 1.41. The van der Waals surface area contributed by atoms with E-state index in [2.05, 4.69) is 9.98 Å². The van der Waals surface area contributed by atoms with Gasteiger partial charge in [0.25, 0.3) is 5.91 Å². The van der Waals surface area contributed by atoms with Crippen LogP contribution in [0.25, 0.3) is 0 Å². The maximum Gasteiger partial charge on any atom is 0.271 e. The summed E-state index contributed by atoms with van der Waals surface area (Å²) in [5, 5.41) is 9.60. The first-order valence-corrected chi connectivity index (χ1v) is 5.05. The highest BCUT2D eigenvalue weighted by atomic mass is 19.1. The van der Waals surface area contributed by atoms with Crippen molar-refractivity contribution in [2.75, 3.05) is 0 Å². The van der Waals surface area contributed by atoms with Gasteiger partial charge in [-0.05, 0) is 12.5 Å². The largest absolute Gasteiger partial charge is 0.392 e. The summed E-state index contributed by atoms with van der Waals surface area (Å²) in [5.41, 5.74) is 0.125. The second kappa shape index (κ2) is 4.09. The fraction of sp³-hybridized carbons (Fsp3) is 0.364. The minimum Gasteiger partial charge on any atom is -0.392 e. The molecule has 0 aromatic heterocycles. The van der Waals surface area contributed by atoms with Crippen molar-refractivity contribution in [1.29, 1.82) is 0 Å². The number of aliphatic hydroxyl groups excluding tert-OH is 1. The van der Waals surface area contributed by atoms with E-state index in [1.165, 1.54) is 12.1 Å². The molecule has 1 atom stereocenters. The monoisotopic (exact) mass is 222 g/mol. The average Bonchev–Trinajstić information content (AvgIpc) is 2.28. The number of amides is 1. The van der Waals surface area contributed by atoms with Crippen molar-refractivity contribution in [3.05, 3.63) is 34.2 Å². The number of aliphatic hydroxyl groups is 1. The Kier molecular flexibility index (Phi) is 2.78. The minimum absolute atomic E-state index is 0.125. The van der Waals surface area contributed by atoms with E-state index in [9.17, 15) is 9.18 Å². The standard InChI is InChI=1S/C11H11FN2O2/c1-2-8-11(16)14-9-3-6(5-15)7(12)4-10(9)13-8/h3-4,8,15H,2,5H2,1H3. The predicted octanol–water partition coefficient (Wildman–Crippen LogP) is -0.124. The summed E-state index contributed by atoms with van der Waals surface area (Å²) >= 11 is 0. The van der Waals surface area contributed by atoms with Crippen molar-refractivity contribution in [1.82, 2.24) is 0 Å². The van der Waals surface area contributed by atoms with Crippen LogP contribution in [-0.2, 0) is 11.4 Å². The van der Waals surface area contributed by atoms with Crippen LogP contribution in [0.5, 0.6) is 0 Å². The van der Waals surface area contributed by atoms with E-state index in [0.29, 0.717) is 17.1 Å². The van der Waals surface area contributed by atoms with Gasteiger partial charge in [-0.15, -0.1) is 0 Å². The number of rotatable bonds is 2. The third-order valence-electron chi connectivity index (χ3n) is 2.51. The summed E-state index contributed by atoms with van der Waals surface area (Å²) < 4.78 is 13.4. The van der Waals surface area contributed by atoms with Gasteiger partial charge in [0.05, 0.1) is 17.3 Å². The zero-order valence-corrected chi connectivity index (χ0v) is 8.77. The second-order valence-corrected chi connectivity index (χ2v) is 3.59. The summed E-state index contributed by atoms with van der Waals surface area (Å²) in [6, 6.07) is 2.06. The Hall–Kier alpha value is -1.62. The third kappa shape index (κ3) is 1.74. The molecular weight excluding hydrogens is 211 g/mol. The molecule has 0 radical (unpaired) electrons. The van der Waals surface area contributed by atoms with Gasteiger partial charge in [-0.1, -0.05) is 6.92 Å². The Labute approximate surface area is 91.2 Å². The first kappa shape index (κ1) is 10.9. The molecule has 1 unspecified atom stereocenters. The highest BCUT2D eigenvalue weighted by molar-refractivity contribution is 5.83. The molecule has 0 saturated heterocycles. The predicted molar refractivity (Wildman–Crippen MR) is 53.7 cm³/mol. The Morgan fingerprint density at radius 1 is 1.44 bits per heavy atom. The fourth-order valence-electron chi connectivity index (χ4n) is 1.59. The number of carbonyl (C=O) groups excluding carboxylic acids is 1. The quantitative estimate of drug-likeness (QED) is 0.758. The molecule has 0 saturated carbocycles. The van der Waals surface area contributed by atoms with Crippen LogP contribution in [0.2, 0.25) is 0 Å². The average molecular weight is 222 g/mol. The van der Waals surface area contributed by atoms with E-state index in [-0.39, 0.29) is 11.5 Å². The maximum absolute atomic E-state index is 13.4. The van der Waals surface area contributed by atoms with Crippen LogP contribution in [0.1, 0.15) is 18.9 Å². The minimum atomic E-state index is -0.524. The molecule has 1 aromatic rings. The van der Waals surface area contributed by atoms with Crippen molar-refractivity contribution in [2.45, 2.75) is 26.0 Å². The van der Waals surface area contributed by atoms with Crippen molar-refractivity contribution in [2.24, 2.45) is 9.98 Å². The van der Waals surface area contributed by atoms with Crippen LogP contribution in [0.3, 0.4) is 0 Å². The molecular formula is C11H11FN2O2. The Balaban J connectivity index is 2.67. The van der Waals surface area contributed by atoms with Crippen LogP contribution in [0, 0.1) is 5.82 Å². The topological polar surface area (TPSA) is 62.0 Å². The lowest BCUT2D eigenvalue weighted by atomic mass is 10.1. The third-order valence-corrected chi connectivity index (χ3v) is 2.51. The lowest BCUT2D eigenvalue weighted by molar-refractivity contribution is -0.119. The highest BCUT2D eigenvalue weighted by Gasteiger charge is 2.18. The van der Waals surface area contributed by atoms with E-state index in [1.807, 2.05) is 6.92 Å². The van der Waals surface area contributed by atoms with E-state index >= 15 is 0 Å². The lowest BCUT2D eigenvalue weighted by Crippen LogP contribution is -2.37. The summed E-state index contributed by atoms with van der Waals surface area (Å²) in [7, 11) is 0. The molecule has 0 spiro atoms. The molecule has 0 fully saturated rings. The Bertz CT molecular complexity index is 554. The molecule has 0 aliphatic carbocycles. The van der Waals surface area contributed by atoms with Gasteiger partial charge in [0.1, 0.15) is 11.9 Å². The molecule has 2 rings (SSSR count). The number of fused-ring (bicyclic) bond motifs is 1. The van der Waals surface area contributed by atoms with Gasteiger partial charge in [0.2, 0.25) is 0 Å². The number of hydrogen-bond acceptors (Lipinski definition) is 3. The molecule has 5 heteroatoms. The first-order valence-electron chi connectivity index (χ1n) is 5.05. The van der Waals surface area contributed by atoms with Gasteiger partial charge in [-0.25, -0.2) is 9.38 Å². The first-order chi connectivity index (χ1) is 7.65. The van der Waals surface area contributed by atoms with Gasteiger partial charge in [-0.3, -0.25) is 9.79 Å². The SMILES string of the molecule is CCC1N=c2cc(F)c(CO)cc2=NC1=O. The normalized spacial score (nSPS) is 18.7. The summed E-state index contributed by atoms with van der Waals surface area (Å²) in [6.07, 6.45) is 0.547. The number of hydrogen-bond donors (Lipinski definition) is 1. The molecule has 4 nitrogen and oxygen atoms in total. The van der Waals surface area contributed by atoms with Gasteiger partial charge in [-0.2, -0.15) is 0 Å². The van der Waals surface area contributed by atoms with Crippen molar-refractivity contribution in [3.8, 4) is 0 Å². The molecule has 1 aromatic carbocycles. The van der Waals surface area contributed by atoms with Crippen LogP contribution in [0.4, 0.5) is 4.39 Å². The smallest absolute Gasteiger partial charge is 0.271 e. The van der Waals surface area contributed by atoms with Crippen molar-refractivity contribution < 1.29 is 14.3 Å². The highest BCUT2D eigenvalue weighted by Crippen LogP contribution is 2.04. The second-order valence-electron chi connectivity index (χ2n) is 3.59. The van der Waals surface area contributed by atoms with E-state index in [1.54, 1.807) is 0 Å². The molecule has 1 aliphatic rings. The fourth-order valence-corrected chi connectivity index (χ4v) is 1.59. The molecule has 84 valence electrons. The van der Waals surface area contributed by atoms with Gasteiger partial charge >= 0.3 is 0 Å². The molecule has 1 heterocycles. The van der Waals surface area contributed by atoms with Crippen LogP contribution >= 0.6 is 0 Å². The number of halogens is 1. The summed E-state index contributed by atoms with van der Waals surface area (Å²) in [4.78, 5) is 19.4. The van der Waals surface area contributed by atoms with E-state index in [0.717, 1.165) is 0 Å². The van der Waals surface area contributed by atoms with Crippen molar-refractivity contribution >= 4 is 5.91 Å². The Morgan fingerprint density at radius 3 is 2.81 bits per heavy atom. The zero-order valence-electron chi connectivity index (χ0n) is 8.77. The molecule has 1 N–H and O–H groups in total. The number of carbonyl (C=O) groups is 1. The molecule has 16 heavy (non-hydrogen) atoms. The number of benzene rings is 1. The Morgan fingerprint density at radius 2 is 2.19 bits per heavy atom. The molecule has 1 aliphatic heterocycles. The van der Waals surface area contributed by atoms with Crippen LogP contribution in [0.15, 0.2) is 22.1 Å². The maximum atomic E-state index is 13.4. The van der Waals surface area contributed by atoms with Gasteiger partial charge in [0, 0.05) is 11.6 Å². The van der Waals surface area contributed by atoms with Crippen LogP contribution in [-0.4, -0.2) is 17.1 Å². The zero-order chi connectivity index (χ0) is 11.7. The molecule has 0 bridgehead atoms. The summed E-state index contributed by atoms with van der Waals surface area (Å²) in [5.74, 6) is -0.838. The van der Waals surface area contributed by atoms with Crippen LogP contribution < -0.4 is 10.7 Å². The van der Waals surface area contributed by atoms with Gasteiger partial charge < -0.3 is 5.11 Å². The van der Waals surface area contributed by atoms with E-state index in [4.69, 9.17) is 5.11 Å². The molecule has 1 amide bonds. The van der Waals surface area contributed by atoms with Crippen molar-refractivity contribution in [3.63, 3.8) is 0 Å². The van der Waals surface area contributed by atoms with Gasteiger partial charge in [0.15, 0.2) is 0 Å².